The zero-order chi connectivity index (χ0) is 22.1. The molecular weight excluding hydrogens is 408 g/mol. The van der Waals surface area contributed by atoms with E-state index in [-0.39, 0.29) is 23.8 Å². The van der Waals surface area contributed by atoms with Crippen LogP contribution in [0.3, 0.4) is 0 Å². The minimum Gasteiger partial charge on any atom is -0.417 e. The van der Waals surface area contributed by atoms with E-state index in [1.54, 1.807) is 0 Å². The Morgan fingerprint density at radius 2 is 2.03 bits per heavy atom. The minimum absolute atomic E-state index is 0.0481. The van der Waals surface area contributed by atoms with E-state index < -0.39 is 39.0 Å². The molecule has 0 spiro atoms. The van der Waals surface area contributed by atoms with Gasteiger partial charge in [-0.2, -0.15) is 9.97 Å². The van der Waals surface area contributed by atoms with Crippen LogP contribution in [0.4, 0.5) is 11.8 Å². The predicted molar refractivity (Wildman–Crippen MR) is 114 cm³/mol. The number of aliphatic hydroxyl groups is 3. The molecule has 0 amide bonds. The highest BCUT2D eigenvalue weighted by molar-refractivity contribution is 6.71. The number of hydrogen-bond acceptors (Lipinski definition) is 10. The summed E-state index contributed by atoms with van der Waals surface area (Å²) in [5.74, 6) is 0.0514. The molecule has 3 rings (SSSR count). The lowest BCUT2D eigenvalue weighted by atomic mass is 9.99. The third-order valence-corrected chi connectivity index (χ3v) is 8.18. The number of aliphatic hydroxyl groups excluding tert-OH is 3. The van der Waals surface area contributed by atoms with Gasteiger partial charge in [-0.1, -0.05) is 19.8 Å². The molecule has 2 aromatic rings. The second-order valence-corrected chi connectivity index (χ2v) is 12.6. The summed E-state index contributed by atoms with van der Waals surface area (Å²) in [5.41, 5.74) is 10.8. The van der Waals surface area contributed by atoms with Gasteiger partial charge in [0.05, 0.1) is 12.9 Å². The van der Waals surface area contributed by atoms with E-state index in [9.17, 15) is 15.3 Å². The van der Waals surface area contributed by atoms with Gasteiger partial charge in [-0.3, -0.25) is 4.57 Å². The summed E-state index contributed by atoms with van der Waals surface area (Å²) in [5, 5.41) is 31.1. The number of nitrogens with zero attached hydrogens (tertiary/aromatic N) is 4. The summed E-state index contributed by atoms with van der Waals surface area (Å²) in [7, 11) is -1.89. The third-order valence-electron chi connectivity index (χ3n) is 5.64. The summed E-state index contributed by atoms with van der Waals surface area (Å²) in [6.45, 7) is 6.27. The molecule has 2 aromatic heterocycles. The Morgan fingerprint density at radius 1 is 1.30 bits per heavy atom. The molecule has 1 fully saturated rings. The lowest BCUT2D eigenvalue weighted by Gasteiger charge is -2.35. The third kappa shape index (κ3) is 4.15. The number of nitrogen functional groups attached to an aromatic ring is 2. The van der Waals surface area contributed by atoms with Crippen molar-refractivity contribution < 1.29 is 24.5 Å². The molecule has 11 nitrogen and oxygen atoms in total. The molecule has 0 aromatic carbocycles. The summed E-state index contributed by atoms with van der Waals surface area (Å²) in [6.07, 6.45) is 0.196. The van der Waals surface area contributed by atoms with Crippen molar-refractivity contribution in [1.82, 2.24) is 19.5 Å². The van der Waals surface area contributed by atoms with Gasteiger partial charge < -0.3 is 35.9 Å². The highest BCUT2D eigenvalue weighted by atomic mass is 28.4. The first-order chi connectivity index (χ1) is 14.1. The van der Waals surface area contributed by atoms with Crippen LogP contribution >= 0.6 is 0 Å². The van der Waals surface area contributed by atoms with Crippen LogP contribution in [0.5, 0.6) is 0 Å². The van der Waals surface area contributed by atoms with Crippen molar-refractivity contribution >= 4 is 31.2 Å². The molecule has 4 atom stereocenters. The number of aromatic nitrogens is 4. The predicted octanol–water partition coefficient (Wildman–Crippen LogP) is 0.168. The zero-order valence-corrected chi connectivity index (χ0v) is 18.7. The van der Waals surface area contributed by atoms with Crippen molar-refractivity contribution in [3.8, 4) is 0 Å². The number of nitrogens with two attached hydrogens (primary N) is 2. The lowest BCUT2D eigenvalue weighted by Crippen LogP contribution is -2.47. The average Bonchev–Trinajstić information content (AvgIpc) is 3.22. The molecule has 0 radical (unpaired) electrons. The Bertz CT molecular complexity index is 880. The Hall–Kier alpha value is -1.83. The van der Waals surface area contributed by atoms with Crippen molar-refractivity contribution in [3.05, 3.63) is 6.33 Å². The van der Waals surface area contributed by atoms with Crippen LogP contribution < -0.4 is 11.5 Å². The summed E-state index contributed by atoms with van der Waals surface area (Å²) >= 11 is 0. The Kier molecular flexibility index (Phi) is 6.65. The fourth-order valence-corrected chi connectivity index (χ4v) is 5.91. The first-order valence-corrected chi connectivity index (χ1v) is 13.3. The van der Waals surface area contributed by atoms with Gasteiger partial charge in [-0.15, -0.1) is 0 Å². The summed E-state index contributed by atoms with van der Waals surface area (Å²) in [6, 6.07) is 1.02. The Morgan fingerprint density at radius 3 is 2.67 bits per heavy atom. The van der Waals surface area contributed by atoms with Crippen LogP contribution in [0, 0.1) is 0 Å². The number of imidazole rings is 1. The number of fused-ring (bicyclic) bond motifs is 1. The molecular formula is C18H32N6O5Si. The molecule has 1 unspecified atom stereocenters. The fraction of sp³-hybridized carbons (Fsp3) is 0.722. The van der Waals surface area contributed by atoms with Crippen LogP contribution in [-0.2, 0) is 14.9 Å². The van der Waals surface area contributed by atoms with Gasteiger partial charge >= 0.3 is 0 Å². The van der Waals surface area contributed by atoms with E-state index in [1.807, 2.05) is 0 Å². The second-order valence-electron chi connectivity index (χ2n) is 8.33. The Labute approximate surface area is 176 Å². The van der Waals surface area contributed by atoms with E-state index >= 15 is 0 Å². The maximum Gasteiger partial charge on any atom is 0.224 e. The number of hydrogen-bond donors (Lipinski definition) is 5. The van der Waals surface area contributed by atoms with Crippen molar-refractivity contribution in [2.24, 2.45) is 0 Å². The van der Waals surface area contributed by atoms with Gasteiger partial charge in [0.2, 0.25) is 5.95 Å². The SMILES string of the molecule is CCCC[Si](C)(C)OCCC1(n2cnc3c(N)nc(N)nc32)O[C@H](CO)[C@@H](O)[C@H]1O. The van der Waals surface area contributed by atoms with Crippen LogP contribution in [0.1, 0.15) is 26.2 Å². The monoisotopic (exact) mass is 440 g/mol. The largest absolute Gasteiger partial charge is 0.417 e. The van der Waals surface area contributed by atoms with Gasteiger partial charge in [0.25, 0.3) is 0 Å². The van der Waals surface area contributed by atoms with Crippen LogP contribution in [0.15, 0.2) is 6.33 Å². The van der Waals surface area contributed by atoms with Crippen LogP contribution in [0.25, 0.3) is 11.2 Å². The van der Waals surface area contributed by atoms with Crippen molar-refractivity contribution in [3.63, 3.8) is 0 Å². The molecule has 1 aliphatic rings. The quantitative estimate of drug-likeness (QED) is 0.338. The maximum atomic E-state index is 11.0. The first kappa shape index (κ1) is 22.8. The summed E-state index contributed by atoms with van der Waals surface area (Å²) in [4.78, 5) is 12.4. The molecule has 0 bridgehead atoms. The molecule has 3 heterocycles. The molecule has 0 saturated carbocycles. The second kappa shape index (κ2) is 8.73. The van der Waals surface area contributed by atoms with E-state index in [0.29, 0.717) is 12.1 Å². The van der Waals surface area contributed by atoms with Gasteiger partial charge in [-0.05, 0) is 19.1 Å². The highest BCUT2D eigenvalue weighted by Crippen LogP contribution is 2.40. The Balaban J connectivity index is 1.96. The molecule has 1 saturated heterocycles. The van der Waals surface area contributed by atoms with Gasteiger partial charge in [0, 0.05) is 13.0 Å². The van der Waals surface area contributed by atoms with Crippen LogP contribution in [0.2, 0.25) is 19.1 Å². The molecule has 0 aliphatic carbocycles. The van der Waals surface area contributed by atoms with E-state index in [0.717, 1.165) is 18.9 Å². The van der Waals surface area contributed by atoms with Gasteiger partial charge in [0.1, 0.15) is 23.8 Å². The summed E-state index contributed by atoms with van der Waals surface area (Å²) < 4.78 is 13.7. The minimum atomic E-state index is -1.89. The first-order valence-electron chi connectivity index (χ1n) is 10.2. The molecule has 30 heavy (non-hydrogen) atoms. The molecule has 12 heteroatoms. The topological polar surface area (TPSA) is 175 Å². The number of ether oxygens (including phenoxy) is 1. The molecule has 1 aliphatic heterocycles. The smallest absolute Gasteiger partial charge is 0.224 e. The number of unbranched alkanes of at least 4 members (excludes halogenated alkanes) is 1. The zero-order valence-electron chi connectivity index (χ0n) is 17.7. The van der Waals surface area contributed by atoms with Crippen molar-refractivity contribution in [2.75, 3.05) is 24.7 Å². The molecule has 7 N–H and O–H groups in total. The number of rotatable bonds is 9. The van der Waals surface area contributed by atoms with Crippen LogP contribution in [-0.4, -0.2) is 74.7 Å². The maximum absolute atomic E-state index is 11.0. The van der Waals surface area contributed by atoms with Crippen molar-refractivity contribution in [1.29, 1.82) is 0 Å². The standard InChI is InChI=1S/C18H32N6O5Si/c1-4-5-8-30(2,3)28-7-6-18(14(27)13(26)11(9-25)29-18)24-10-21-12-15(19)22-17(20)23-16(12)24/h10-11,13-14,25-27H,4-9H2,1-3H3,(H4,19,20,22,23)/t11-,13-,14-,18?/m1/s1. The van der Waals surface area contributed by atoms with Gasteiger partial charge in [-0.25, -0.2) is 4.98 Å². The van der Waals surface area contributed by atoms with E-state index in [1.165, 1.54) is 10.9 Å². The normalized spacial score (nSPS) is 27.2. The van der Waals surface area contributed by atoms with E-state index in [4.69, 9.17) is 20.6 Å². The average molecular weight is 441 g/mol. The van der Waals surface area contributed by atoms with E-state index in [2.05, 4.69) is 35.0 Å². The number of anilines is 2. The lowest BCUT2D eigenvalue weighted by molar-refractivity contribution is -0.154. The van der Waals surface area contributed by atoms with Gasteiger partial charge in [0.15, 0.2) is 25.5 Å². The fourth-order valence-electron chi connectivity index (χ4n) is 3.91. The molecule has 168 valence electrons. The highest BCUT2D eigenvalue weighted by Gasteiger charge is 2.55. The van der Waals surface area contributed by atoms with Crippen molar-refractivity contribution in [2.45, 2.75) is 69.4 Å².